The summed E-state index contributed by atoms with van der Waals surface area (Å²) in [5, 5.41) is 10.4. The molecule has 144 valence electrons. The van der Waals surface area contributed by atoms with E-state index < -0.39 is 5.91 Å². The maximum atomic E-state index is 12.5. The second kappa shape index (κ2) is 8.18. The number of anilines is 1. The molecular formula is C18H22N4O3S2. The summed E-state index contributed by atoms with van der Waals surface area (Å²) in [7, 11) is 1.73. The number of hydrogen-bond donors (Lipinski definition) is 2. The van der Waals surface area contributed by atoms with Crippen LogP contribution < -0.4 is 10.6 Å². The van der Waals surface area contributed by atoms with E-state index in [-0.39, 0.29) is 16.8 Å². The van der Waals surface area contributed by atoms with Gasteiger partial charge in [-0.25, -0.2) is 4.79 Å². The van der Waals surface area contributed by atoms with Crippen molar-refractivity contribution in [2.24, 2.45) is 13.0 Å². The van der Waals surface area contributed by atoms with Crippen LogP contribution in [-0.4, -0.2) is 33.4 Å². The SMILES string of the molecule is CCOC(=O)c1c(NC(=S)NC(=O)c2ccn(C)n2)sc2c1CC[C@@H](C)C2. The first-order chi connectivity index (χ1) is 12.9. The lowest BCUT2D eigenvalue weighted by molar-refractivity contribution is 0.0526. The molecule has 0 fully saturated rings. The Bertz CT molecular complexity index is 887. The van der Waals surface area contributed by atoms with Crippen LogP contribution in [0.2, 0.25) is 0 Å². The van der Waals surface area contributed by atoms with E-state index in [4.69, 9.17) is 17.0 Å². The molecule has 1 atom stereocenters. The van der Waals surface area contributed by atoms with Gasteiger partial charge >= 0.3 is 5.97 Å². The van der Waals surface area contributed by atoms with Crippen LogP contribution in [0.5, 0.6) is 0 Å². The van der Waals surface area contributed by atoms with Crippen molar-refractivity contribution in [3.63, 3.8) is 0 Å². The molecule has 2 aromatic heterocycles. The van der Waals surface area contributed by atoms with Crippen LogP contribution in [0.15, 0.2) is 12.3 Å². The fourth-order valence-corrected chi connectivity index (χ4v) is 4.76. The minimum Gasteiger partial charge on any atom is -0.462 e. The third-order valence-electron chi connectivity index (χ3n) is 4.39. The Morgan fingerprint density at radius 1 is 1.48 bits per heavy atom. The predicted molar refractivity (Wildman–Crippen MR) is 108 cm³/mol. The highest BCUT2D eigenvalue weighted by molar-refractivity contribution is 7.80. The number of amides is 1. The Hall–Kier alpha value is -2.26. The molecule has 9 heteroatoms. The number of carbonyl (C=O) groups is 2. The number of hydrogen-bond acceptors (Lipinski definition) is 6. The first kappa shape index (κ1) is 19.5. The van der Waals surface area contributed by atoms with E-state index in [1.165, 1.54) is 16.2 Å². The van der Waals surface area contributed by atoms with Gasteiger partial charge in [-0.15, -0.1) is 11.3 Å². The van der Waals surface area contributed by atoms with E-state index in [1.807, 2.05) is 0 Å². The summed E-state index contributed by atoms with van der Waals surface area (Å²) in [5.74, 6) is -0.179. The Morgan fingerprint density at radius 3 is 2.93 bits per heavy atom. The fraction of sp³-hybridized carbons (Fsp3) is 0.444. The van der Waals surface area contributed by atoms with E-state index >= 15 is 0 Å². The van der Waals surface area contributed by atoms with Gasteiger partial charge in [-0.1, -0.05) is 6.92 Å². The van der Waals surface area contributed by atoms with E-state index in [2.05, 4.69) is 22.7 Å². The number of carbonyl (C=O) groups excluding carboxylic acids is 2. The number of thiocarbonyl (C=S) groups is 1. The van der Waals surface area contributed by atoms with Gasteiger partial charge in [0.1, 0.15) is 5.00 Å². The molecule has 0 aromatic carbocycles. The molecule has 1 amide bonds. The third-order valence-corrected chi connectivity index (χ3v) is 5.77. The lowest BCUT2D eigenvalue weighted by Gasteiger charge is -2.18. The van der Waals surface area contributed by atoms with Crippen molar-refractivity contribution in [2.75, 3.05) is 11.9 Å². The van der Waals surface area contributed by atoms with Gasteiger partial charge in [-0.3, -0.25) is 14.8 Å². The average Bonchev–Trinajstić information content (AvgIpc) is 3.17. The van der Waals surface area contributed by atoms with Gasteiger partial charge in [-0.05, 0) is 56.0 Å². The number of esters is 1. The topological polar surface area (TPSA) is 85.3 Å². The molecule has 0 bridgehead atoms. The number of nitrogens with zero attached hydrogens (tertiary/aromatic N) is 2. The number of thiophene rings is 1. The predicted octanol–water partition coefficient (Wildman–Crippen LogP) is 2.91. The molecule has 3 rings (SSSR count). The van der Waals surface area contributed by atoms with Crippen LogP contribution in [0.3, 0.4) is 0 Å². The van der Waals surface area contributed by atoms with E-state index in [9.17, 15) is 9.59 Å². The second-order valence-corrected chi connectivity index (χ2v) is 8.07. The van der Waals surface area contributed by atoms with Crippen LogP contribution in [0, 0.1) is 5.92 Å². The highest BCUT2D eigenvalue weighted by Gasteiger charge is 2.29. The maximum Gasteiger partial charge on any atom is 0.341 e. The van der Waals surface area contributed by atoms with E-state index in [1.54, 1.807) is 30.9 Å². The van der Waals surface area contributed by atoms with Crippen molar-refractivity contribution in [2.45, 2.75) is 33.1 Å². The molecule has 27 heavy (non-hydrogen) atoms. The molecule has 0 unspecified atom stereocenters. The molecule has 2 heterocycles. The van der Waals surface area contributed by atoms with Gasteiger partial charge in [0, 0.05) is 18.1 Å². The molecule has 1 aliphatic carbocycles. The zero-order valence-electron chi connectivity index (χ0n) is 15.5. The van der Waals surface area contributed by atoms with Gasteiger partial charge in [-0.2, -0.15) is 5.10 Å². The molecular weight excluding hydrogens is 384 g/mol. The van der Waals surface area contributed by atoms with Crippen molar-refractivity contribution in [3.8, 4) is 0 Å². The smallest absolute Gasteiger partial charge is 0.341 e. The average molecular weight is 407 g/mol. The number of nitrogens with one attached hydrogen (secondary N) is 2. The quantitative estimate of drug-likeness (QED) is 0.600. The summed E-state index contributed by atoms with van der Waals surface area (Å²) in [6.45, 7) is 4.29. The number of ether oxygens (including phenoxy) is 1. The van der Waals surface area contributed by atoms with Crippen LogP contribution in [-0.2, 0) is 24.6 Å². The number of fused-ring (bicyclic) bond motifs is 1. The summed E-state index contributed by atoms with van der Waals surface area (Å²) in [6, 6.07) is 1.60. The van der Waals surface area contributed by atoms with Crippen molar-refractivity contribution < 1.29 is 14.3 Å². The molecule has 0 spiro atoms. The van der Waals surface area contributed by atoms with Gasteiger partial charge in [0.2, 0.25) is 0 Å². The monoisotopic (exact) mass is 406 g/mol. The van der Waals surface area contributed by atoms with Crippen molar-refractivity contribution >= 4 is 45.5 Å². The zero-order chi connectivity index (χ0) is 19.6. The first-order valence-corrected chi connectivity index (χ1v) is 10.0. The third kappa shape index (κ3) is 4.36. The first-order valence-electron chi connectivity index (χ1n) is 8.82. The van der Waals surface area contributed by atoms with Crippen LogP contribution >= 0.6 is 23.6 Å². The lowest BCUT2D eigenvalue weighted by atomic mass is 9.88. The lowest BCUT2D eigenvalue weighted by Crippen LogP contribution is -2.34. The molecule has 2 N–H and O–H groups in total. The molecule has 0 aliphatic heterocycles. The molecule has 0 radical (unpaired) electrons. The standard InChI is InChI=1S/C18H22N4O3S2/c1-4-25-17(24)14-11-6-5-10(2)9-13(11)27-16(14)20-18(26)19-15(23)12-7-8-22(3)21-12/h7-8,10H,4-6,9H2,1-3H3,(H2,19,20,23,26)/t10-/m1/s1. The normalized spacial score (nSPS) is 15.7. The number of aromatic nitrogens is 2. The summed E-state index contributed by atoms with van der Waals surface area (Å²) < 4.78 is 6.78. The Kier molecular flexibility index (Phi) is 5.91. The molecule has 0 saturated carbocycles. The Morgan fingerprint density at radius 2 is 2.26 bits per heavy atom. The van der Waals surface area contributed by atoms with Crippen LogP contribution in [0.25, 0.3) is 0 Å². The summed E-state index contributed by atoms with van der Waals surface area (Å²) in [5.41, 5.74) is 1.85. The van der Waals surface area contributed by atoms with Crippen LogP contribution in [0.4, 0.5) is 5.00 Å². The highest BCUT2D eigenvalue weighted by Crippen LogP contribution is 2.40. The van der Waals surface area contributed by atoms with Gasteiger partial charge in [0.05, 0.1) is 12.2 Å². The minimum atomic E-state index is -0.402. The number of aryl methyl sites for hydroxylation is 1. The molecule has 7 nitrogen and oxygen atoms in total. The maximum absolute atomic E-state index is 12.5. The van der Waals surface area contributed by atoms with Gasteiger partial charge in [0.15, 0.2) is 10.8 Å². The van der Waals surface area contributed by atoms with Crippen LogP contribution in [0.1, 0.15) is 51.6 Å². The zero-order valence-corrected chi connectivity index (χ0v) is 17.1. The number of rotatable bonds is 4. The summed E-state index contributed by atoms with van der Waals surface area (Å²) in [6.07, 6.45) is 4.49. The van der Waals surface area contributed by atoms with Crippen molar-refractivity contribution in [3.05, 3.63) is 34.0 Å². The second-order valence-electron chi connectivity index (χ2n) is 6.56. The molecule has 2 aromatic rings. The van der Waals surface area contributed by atoms with E-state index in [0.717, 1.165) is 24.8 Å². The fourth-order valence-electron chi connectivity index (χ4n) is 3.10. The minimum absolute atomic E-state index is 0.128. The largest absolute Gasteiger partial charge is 0.462 e. The molecule has 0 saturated heterocycles. The highest BCUT2D eigenvalue weighted by atomic mass is 32.1. The summed E-state index contributed by atoms with van der Waals surface area (Å²) in [4.78, 5) is 25.9. The van der Waals surface area contributed by atoms with Gasteiger partial charge < -0.3 is 10.1 Å². The van der Waals surface area contributed by atoms with E-state index in [0.29, 0.717) is 23.1 Å². The van der Waals surface area contributed by atoms with Gasteiger partial charge in [0.25, 0.3) is 5.91 Å². The Balaban J connectivity index is 1.79. The Labute approximate surface area is 167 Å². The van der Waals surface area contributed by atoms with Crippen molar-refractivity contribution in [1.82, 2.24) is 15.1 Å². The molecule has 1 aliphatic rings. The van der Waals surface area contributed by atoms with Crippen molar-refractivity contribution in [1.29, 1.82) is 0 Å². The summed E-state index contributed by atoms with van der Waals surface area (Å²) >= 11 is 6.78.